The molecule has 86 valence electrons. The molecular weight excluding hydrogens is 196 g/mol. The lowest BCUT2D eigenvalue weighted by molar-refractivity contribution is -0.138. The van der Waals surface area contributed by atoms with Crippen molar-refractivity contribution in [3.63, 3.8) is 0 Å². The fourth-order valence-corrected chi connectivity index (χ4v) is 2.01. The normalized spacial score (nSPS) is 21.1. The van der Waals surface area contributed by atoms with E-state index in [1.54, 1.807) is 0 Å². The molecule has 0 saturated carbocycles. The molecule has 0 bridgehead atoms. The van der Waals surface area contributed by atoms with Crippen LogP contribution in [0.2, 0.25) is 0 Å². The van der Waals surface area contributed by atoms with Gasteiger partial charge in [0.25, 0.3) is 0 Å². The van der Waals surface area contributed by atoms with Crippen LogP contribution in [0.3, 0.4) is 0 Å². The van der Waals surface area contributed by atoms with Crippen molar-refractivity contribution in [1.29, 1.82) is 0 Å². The van der Waals surface area contributed by atoms with Crippen LogP contribution < -0.4 is 5.73 Å². The number of carbonyl (C=O) groups is 2. The first-order valence-corrected chi connectivity index (χ1v) is 5.27. The van der Waals surface area contributed by atoms with Gasteiger partial charge >= 0.3 is 5.97 Å². The number of hydrogen-bond acceptors (Lipinski definition) is 4. The zero-order chi connectivity index (χ0) is 11.3. The third-order valence-corrected chi connectivity index (χ3v) is 2.85. The van der Waals surface area contributed by atoms with Gasteiger partial charge in [-0.3, -0.25) is 9.69 Å². The molecule has 1 atom stereocenters. The second-order valence-electron chi connectivity index (χ2n) is 4.15. The molecule has 1 unspecified atom stereocenters. The Kier molecular flexibility index (Phi) is 4.71. The number of piperidine rings is 1. The van der Waals surface area contributed by atoms with Gasteiger partial charge in [-0.1, -0.05) is 0 Å². The summed E-state index contributed by atoms with van der Waals surface area (Å²) in [5, 5.41) is 8.61. The lowest BCUT2D eigenvalue weighted by Crippen LogP contribution is -2.38. The molecule has 15 heavy (non-hydrogen) atoms. The summed E-state index contributed by atoms with van der Waals surface area (Å²) < 4.78 is 0. The zero-order valence-electron chi connectivity index (χ0n) is 8.76. The Balaban J connectivity index is 2.23. The summed E-state index contributed by atoms with van der Waals surface area (Å²) in [6, 6.07) is -0.360. The average Bonchev–Trinajstić information content (AvgIpc) is 2.20. The van der Waals surface area contributed by atoms with Gasteiger partial charge in [0.2, 0.25) is 0 Å². The van der Waals surface area contributed by atoms with Crippen molar-refractivity contribution in [3.8, 4) is 0 Å². The number of carbonyl (C=O) groups excluding carboxylic acids is 1. The van der Waals surface area contributed by atoms with Gasteiger partial charge in [0.05, 0.1) is 12.6 Å². The van der Waals surface area contributed by atoms with Gasteiger partial charge in [-0.15, -0.1) is 0 Å². The van der Waals surface area contributed by atoms with Crippen molar-refractivity contribution >= 4 is 12.3 Å². The Morgan fingerprint density at radius 3 is 2.60 bits per heavy atom. The van der Waals surface area contributed by atoms with Crippen molar-refractivity contribution in [2.75, 3.05) is 19.6 Å². The number of nitrogens with two attached hydrogens (primary N) is 1. The number of rotatable bonds is 5. The Hall–Kier alpha value is -0.940. The predicted molar refractivity (Wildman–Crippen MR) is 55.5 cm³/mol. The van der Waals surface area contributed by atoms with Gasteiger partial charge in [0.1, 0.15) is 6.29 Å². The fraction of sp³-hybridized carbons (Fsp3) is 0.800. The van der Waals surface area contributed by atoms with E-state index < -0.39 is 5.97 Å². The van der Waals surface area contributed by atoms with Crippen LogP contribution >= 0.6 is 0 Å². The molecule has 0 aromatic heterocycles. The van der Waals surface area contributed by atoms with E-state index in [9.17, 15) is 9.59 Å². The monoisotopic (exact) mass is 214 g/mol. The molecule has 1 rings (SSSR count). The van der Waals surface area contributed by atoms with Crippen LogP contribution in [0.1, 0.15) is 19.3 Å². The number of carboxylic acid groups (broad SMARTS) is 1. The van der Waals surface area contributed by atoms with Crippen molar-refractivity contribution in [1.82, 2.24) is 4.90 Å². The Labute approximate surface area is 89.2 Å². The quantitative estimate of drug-likeness (QED) is 0.614. The van der Waals surface area contributed by atoms with Crippen LogP contribution in [0.15, 0.2) is 0 Å². The molecule has 1 aliphatic rings. The highest BCUT2D eigenvalue weighted by atomic mass is 16.4. The summed E-state index contributed by atoms with van der Waals surface area (Å²) in [4.78, 5) is 22.8. The molecule has 0 amide bonds. The summed E-state index contributed by atoms with van der Waals surface area (Å²) in [7, 11) is 0. The van der Waals surface area contributed by atoms with Crippen molar-refractivity contribution < 1.29 is 14.7 Å². The van der Waals surface area contributed by atoms with Crippen LogP contribution in [-0.4, -0.2) is 47.9 Å². The number of likely N-dealkylation sites (tertiary alicyclic amines) is 1. The van der Waals surface area contributed by atoms with E-state index in [0.29, 0.717) is 5.92 Å². The van der Waals surface area contributed by atoms with Gasteiger partial charge in [-0.05, 0) is 38.3 Å². The van der Waals surface area contributed by atoms with Crippen LogP contribution in [0, 0.1) is 5.92 Å². The molecule has 3 N–H and O–H groups in total. The Morgan fingerprint density at radius 1 is 1.53 bits per heavy atom. The maximum absolute atomic E-state index is 10.5. The van der Waals surface area contributed by atoms with Crippen LogP contribution in [0.25, 0.3) is 0 Å². The SMILES string of the molecule is NC(C=O)CC1CCN(CC(=O)O)CC1. The molecule has 0 aliphatic carbocycles. The molecule has 0 spiro atoms. The summed E-state index contributed by atoms with van der Waals surface area (Å²) in [5.41, 5.74) is 5.54. The third kappa shape index (κ3) is 4.40. The Morgan fingerprint density at radius 2 is 2.13 bits per heavy atom. The van der Waals surface area contributed by atoms with Gasteiger partial charge in [-0.2, -0.15) is 0 Å². The summed E-state index contributed by atoms with van der Waals surface area (Å²) in [6.07, 6.45) is 3.39. The van der Waals surface area contributed by atoms with Crippen molar-refractivity contribution in [2.24, 2.45) is 11.7 Å². The molecule has 1 aliphatic heterocycles. The van der Waals surface area contributed by atoms with Crippen LogP contribution in [0.5, 0.6) is 0 Å². The van der Waals surface area contributed by atoms with Crippen molar-refractivity contribution in [2.45, 2.75) is 25.3 Å². The van der Waals surface area contributed by atoms with Gasteiger partial charge in [-0.25, -0.2) is 0 Å². The van der Waals surface area contributed by atoms with E-state index in [0.717, 1.165) is 38.6 Å². The van der Waals surface area contributed by atoms with Gasteiger partial charge in [0, 0.05) is 0 Å². The first kappa shape index (κ1) is 12.1. The molecule has 5 nitrogen and oxygen atoms in total. The van der Waals surface area contributed by atoms with E-state index in [2.05, 4.69) is 0 Å². The molecule has 0 aromatic carbocycles. The first-order chi connectivity index (χ1) is 7.11. The van der Waals surface area contributed by atoms with E-state index >= 15 is 0 Å². The number of hydrogen-bond donors (Lipinski definition) is 2. The summed E-state index contributed by atoms with van der Waals surface area (Å²) >= 11 is 0. The molecule has 0 aromatic rings. The third-order valence-electron chi connectivity index (χ3n) is 2.85. The van der Waals surface area contributed by atoms with Crippen LogP contribution in [0.4, 0.5) is 0 Å². The molecule has 0 radical (unpaired) electrons. The summed E-state index contributed by atoms with van der Waals surface area (Å²) in [6.45, 7) is 1.71. The van der Waals surface area contributed by atoms with Crippen molar-refractivity contribution in [3.05, 3.63) is 0 Å². The molecular formula is C10H18N2O3. The highest BCUT2D eigenvalue weighted by Gasteiger charge is 2.21. The molecule has 5 heteroatoms. The average molecular weight is 214 g/mol. The van der Waals surface area contributed by atoms with Gasteiger partial charge < -0.3 is 15.6 Å². The van der Waals surface area contributed by atoms with E-state index in [4.69, 9.17) is 10.8 Å². The summed E-state index contributed by atoms with van der Waals surface area (Å²) in [5.74, 6) is -0.312. The number of nitrogens with zero attached hydrogens (tertiary/aromatic N) is 1. The first-order valence-electron chi connectivity index (χ1n) is 5.27. The maximum atomic E-state index is 10.5. The van der Waals surface area contributed by atoms with Gasteiger partial charge in [0.15, 0.2) is 0 Å². The highest BCUT2D eigenvalue weighted by molar-refractivity contribution is 5.69. The predicted octanol–water partition coefficient (Wildman–Crippen LogP) is -0.301. The lowest BCUT2D eigenvalue weighted by atomic mass is 9.91. The van der Waals surface area contributed by atoms with E-state index in [1.807, 2.05) is 4.90 Å². The topological polar surface area (TPSA) is 83.6 Å². The lowest BCUT2D eigenvalue weighted by Gasteiger charge is -2.31. The minimum absolute atomic E-state index is 0.118. The maximum Gasteiger partial charge on any atom is 0.317 e. The van der Waals surface area contributed by atoms with E-state index in [1.165, 1.54) is 0 Å². The fourth-order valence-electron chi connectivity index (χ4n) is 2.01. The minimum atomic E-state index is -0.780. The standard InChI is InChI=1S/C10H18N2O3/c11-9(7-13)5-8-1-3-12(4-2-8)6-10(14)15/h7-9H,1-6,11H2,(H,14,15). The van der Waals surface area contributed by atoms with E-state index in [-0.39, 0.29) is 12.6 Å². The molecule has 1 saturated heterocycles. The number of aliphatic carboxylic acids is 1. The minimum Gasteiger partial charge on any atom is -0.480 e. The zero-order valence-corrected chi connectivity index (χ0v) is 8.76. The smallest absolute Gasteiger partial charge is 0.317 e. The molecule has 1 fully saturated rings. The van der Waals surface area contributed by atoms with Crippen LogP contribution in [-0.2, 0) is 9.59 Å². The highest BCUT2D eigenvalue weighted by Crippen LogP contribution is 2.20. The molecule has 1 heterocycles. The number of carboxylic acids is 1. The Bertz CT molecular complexity index is 225. The second kappa shape index (κ2) is 5.82. The number of aldehydes is 1. The largest absolute Gasteiger partial charge is 0.480 e. The second-order valence-corrected chi connectivity index (χ2v) is 4.15.